The van der Waals surface area contributed by atoms with Gasteiger partial charge < -0.3 is 5.32 Å². The first kappa shape index (κ1) is 14.1. The largest absolute Gasteiger partial charge is 0.316 e. The summed E-state index contributed by atoms with van der Waals surface area (Å²) in [6, 6.07) is 0.0634. The monoisotopic (exact) mass is 278 g/mol. The summed E-state index contributed by atoms with van der Waals surface area (Å²) in [5.74, 6) is 1.23. The number of nitrogens with zero attached hydrogens (tertiary/aromatic N) is 1. The molecule has 112 valence electrons. The van der Waals surface area contributed by atoms with Crippen molar-refractivity contribution in [1.29, 1.82) is 0 Å². The van der Waals surface area contributed by atoms with Crippen molar-refractivity contribution in [3.8, 4) is 0 Å². The molecule has 20 heavy (non-hydrogen) atoms. The van der Waals surface area contributed by atoms with E-state index in [0.29, 0.717) is 11.8 Å². The van der Waals surface area contributed by atoms with Gasteiger partial charge >= 0.3 is 0 Å². The highest BCUT2D eigenvalue weighted by molar-refractivity contribution is 6.05. The van der Waals surface area contributed by atoms with Crippen LogP contribution in [-0.4, -0.2) is 35.8 Å². The van der Waals surface area contributed by atoms with Crippen LogP contribution in [0, 0.1) is 23.7 Å². The average Bonchev–Trinajstić information content (AvgIpc) is 3.00. The third-order valence-electron chi connectivity index (χ3n) is 5.77. The Hall–Kier alpha value is -0.900. The molecule has 1 N–H and O–H groups in total. The standard InChI is InChI=1S/C16H26N2O2/c1-3-11-7-13-14(8-11)16(20)18(15(13)19)10(2)12-5-4-6-17-9-12/h10-14,17H,3-9H2,1-2H3. The number of likely N-dealkylation sites (tertiary alicyclic amines) is 1. The number of piperidine rings is 1. The Labute approximate surface area is 121 Å². The van der Waals surface area contributed by atoms with Crippen molar-refractivity contribution in [2.24, 2.45) is 23.7 Å². The molecule has 3 aliphatic rings. The third-order valence-corrected chi connectivity index (χ3v) is 5.77. The van der Waals surface area contributed by atoms with Crippen molar-refractivity contribution in [3.05, 3.63) is 0 Å². The van der Waals surface area contributed by atoms with Crippen LogP contribution in [0.4, 0.5) is 0 Å². The van der Waals surface area contributed by atoms with Crippen LogP contribution in [0.25, 0.3) is 0 Å². The van der Waals surface area contributed by atoms with Crippen molar-refractivity contribution in [2.45, 2.75) is 52.0 Å². The maximum absolute atomic E-state index is 12.6. The fourth-order valence-corrected chi connectivity index (χ4v) is 4.39. The van der Waals surface area contributed by atoms with Crippen molar-refractivity contribution in [3.63, 3.8) is 0 Å². The van der Waals surface area contributed by atoms with E-state index >= 15 is 0 Å². The minimum Gasteiger partial charge on any atom is -0.316 e. The van der Waals surface area contributed by atoms with Gasteiger partial charge in [0.25, 0.3) is 0 Å². The number of fused-ring (bicyclic) bond motifs is 1. The van der Waals surface area contributed by atoms with Crippen LogP contribution in [0.1, 0.15) is 46.0 Å². The Morgan fingerprint density at radius 3 is 2.40 bits per heavy atom. The minimum atomic E-state index is -0.00792. The molecule has 4 unspecified atom stereocenters. The number of nitrogens with one attached hydrogen (secondary N) is 1. The summed E-state index contributed by atoms with van der Waals surface area (Å²) < 4.78 is 0. The van der Waals surface area contributed by atoms with Crippen LogP contribution in [0.2, 0.25) is 0 Å². The van der Waals surface area contributed by atoms with Crippen molar-refractivity contribution in [1.82, 2.24) is 10.2 Å². The van der Waals surface area contributed by atoms with Gasteiger partial charge in [-0.3, -0.25) is 14.5 Å². The van der Waals surface area contributed by atoms with Crippen molar-refractivity contribution in [2.75, 3.05) is 13.1 Å². The van der Waals surface area contributed by atoms with Gasteiger partial charge in [-0.2, -0.15) is 0 Å². The fourth-order valence-electron chi connectivity index (χ4n) is 4.39. The molecule has 1 saturated carbocycles. The first-order valence-electron chi connectivity index (χ1n) is 8.21. The molecule has 4 heteroatoms. The van der Waals surface area contributed by atoms with E-state index in [1.54, 1.807) is 4.90 Å². The SMILES string of the molecule is CCC1CC2C(=O)N(C(C)C3CCCNC3)C(=O)C2C1. The van der Waals surface area contributed by atoms with Crippen LogP contribution in [0.5, 0.6) is 0 Å². The van der Waals surface area contributed by atoms with Crippen molar-refractivity contribution < 1.29 is 9.59 Å². The molecule has 0 radical (unpaired) electrons. The quantitative estimate of drug-likeness (QED) is 0.801. The maximum atomic E-state index is 12.6. The van der Waals surface area contributed by atoms with Gasteiger partial charge in [0, 0.05) is 6.04 Å². The Morgan fingerprint density at radius 1 is 1.25 bits per heavy atom. The zero-order chi connectivity index (χ0) is 14.3. The van der Waals surface area contributed by atoms with E-state index in [0.717, 1.165) is 45.2 Å². The van der Waals surface area contributed by atoms with Gasteiger partial charge in [0.05, 0.1) is 11.8 Å². The second-order valence-electron chi connectivity index (χ2n) is 6.85. The van der Waals surface area contributed by atoms with E-state index in [2.05, 4.69) is 19.2 Å². The Bertz CT molecular complexity index is 379. The lowest BCUT2D eigenvalue weighted by Gasteiger charge is -2.34. The van der Waals surface area contributed by atoms with E-state index in [1.807, 2.05) is 0 Å². The molecular formula is C16H26N2O2. The highest BCUT2D eigenvalue weighted by atomic mass is 16.2. The Kier molecular flexibility index (Phi) is 3.85. The summed E-state index contributed by atoms with van der Waals surface area (Å²) in [5, 5.41) is 3.39. The average molecular weight is 278 g/mol. The number of imide groups is 1. The topological polar surface area (TPSA) is 49.4 Å². The molecule has 0 aromatic heterocycles. The molecular weight excluding hydrogens is 252 g/mol. The van der Waals surface area contributed by atoms with Gasteiger partial charge in [0.15, 0.2) is 0 Å². The predicted octanol–water partition coefficient (Wildman–Crippen LogP) is 1.80. The molecule has 2 saturated heterocycles. The van der Waals surface area contributed by atoms with Gasteiger partial charge in [-0.05, 0) is 57.5 Å². The second-order valence-corrected chi connectivity index (χ2v) is 6.85. The van der Waals surface area contributed by atoms with Gasteiger partial charge in [-0.25, -0.2) is 0 Å². The minimum absolute atomic E-state index is 0.00792. The van der Waals surface area contributed by atoms with E-state index < -0.39 is 0 Å². The van der Waals surface area contributed by atoms with Crippen molar-refractivity contribution >= 4 is 11.8 Å². The summed E-state index contributed by atoms with van der Waals surface area (Å²) in [6.45, 7) is 6.22. The number of amides is 2. The van der Waals surface area contributed by atoms with Gasteiger partial charge in [0.1, 0.15) is 0 Å². The molecule has 3 fully saturated rings. The molecule has 0 aromatic carbocycles. The van der Waals surface area contributed by atoms with Crippen LogP contribution in [0.3, 0.4) is 0 Å². The molecule has 1 aliphatic carbocycles. The van der Waals surface area contributed by atoms with E-state index in [9.17, 15) is 9.59 Å². The summed E-state index contributed by atoms with van der Waals surface area (Å²) in [7, 11) is 0. The lowest BCUT2D eigenvalue weighted by Crippen LogP contribution is -2.48. The number of rotatable bonds is 3. The molecule has 2 aliphatic heterocycles. The maximum Gasteiger partial charge on any atom is 0.233 e. The van der Waals surface area contributed by atoms with Crippen LogP contribution in [0.15, 0.2) is 0 Å². The molecule has 2 amide bonds. The highest BCUT2D eigenvalue weighted by Crippen LogP contribution is 2.45. The second kappa shape index (κ2) is 5.47. The smallest absolute Gasteiger partial charge is 0.233 e. The fraction of sp³-hybridized carbons (Fsp3) is 0.875. The highest BCUT2D eigenvalue weighted by Gasteiger charge is 2.54. The number of hydrogen-bond donors (Lipinski definition) is 1. The lowest BCUT2D eigenvalue weighted by atomic mass is 9.91. The van der Waals surface area contributed by atoms with Crippen LogP contribution >= 0.6 is 0 Å². The molecule has 4 atom stereocenters. The zero-order valence-electron chi connectivity index (χ0n) is 12.6. The molecule has 0 aromatic rings. The summed E-state index contributed by atoms with van der Waals surface area (Å²) >= 11 is 0. The normalized spacial score (nSPS) is 39.2. The first-order valence-corrected chi connectivity index (χ1v) is 8.21. The molecule has 4 nitrogen and oxygen atoms in total. The van der Waals surface area contributed by atoms with E-state index in [1.165, 1.54) is 0 Å². The third kappa shape index (κ3) is 2.18. The van der Waals surface area contributed by atoms with E-state index in [-0.39, 0.29) is 29.7 Å². The zero-order valence-corrected chi connectivity index (χ0v) is 12.6. The van der Waals surface area contributed by atoms with Gasteiger partial charge in [-0.1, -0.05) is 13.3 Å². The number of hydrogen-bond acceptors (Lipinski definition) is 3. The Balaban J connectivity index is 1.72. The molecule has 3 rings (SSSR count). The Morgan fingerprint density at radius 2 is 1.90 bits per heavy atom. The predicted molar refractivity (Wildman–Crippen MR) is 76.9 cm³/mol. The number of carbonyl (C=O) groups excluding carboxylic acids is 2. The first-order chi connectivity index (χ1) is 9.63. The molecule has 2 heterocycles. The van der Waals surface area contributed by atoms with E-state index in [4.69, 9.17) is 0 Å². The molecule has 0 spiro atoms. The van der Waals surface area contributed by atoms with Crippen LogP contribution in [-0.2, 0) is 9.59 Å². The van der Waals surface area contributed by atoms with Crippen LogP contribution < -0.4 is 5.32 Å². The summed E-state index contributed by atoms with van der Waals surface area (Å²) in [5.41, 5.74) is 0. The summed E-state index contributed by atoms with van der Waals surface area (Å²) in [4.78, 5) is 26.9. The molecule has 0 bridgehead atoms. The lowest BCUT2D eigenvalue weighted by molar-refractivity contribution is -0.144. The van der Waals surface area contributed by atoms with Gasteiger partial charge in [-0.15, -0.1) is 0 Å². The van der Waals surface area contributed by atoms with Gasteiger partial charge in [0.2, 0.25) is 11.8 Å². The summed E-state index contributed by atoms with van der Waals surface area (Å²) in [6.07, 6.45) is 5.22. The number of carbonyl (C=O) groups is 2.